The molecule has 1 saturated heterocycles. The first kappa shape index (κ1) is 26.9. The molecule has 1 amide bonds. The molecule has 202 valence electrons. The Labute approximate surface area is 220 Å². The summed E-state index contributed by atoms with van der Waals surface area (Å²) in [6.07, 6.45) is 6.41. The van der Waals surface area contributed by atoms with E-state index < -0.39 is 0 Å². The zero-order valence-electron chi connectivity index (χ0n) is 22.6. The summed E-state index contributed by atoms with van der Waals surface area (Å²) in [6.45, 7) is 4.23. The Morgan fingerprint density at radius 2 is 1.51 bits per heavy atom. The van der Waals surface area contributed by atoms with Gasteiger partial charge in [0.15, 0.2) is 11.5 Å². The molecule has 0 spiro atoms. The Kier molecular flexibility index (Phi) is 9.39. The molecule has 37 heavy (non-hydrogen) atoms. The molecule has 1 atom stereocenters. The fraction of sp³-hybridized carbons (Fsp3) is 0.552. The molecule has 2 heterocycles. The Morgan fingerprint density at radius 3 is 2.22 bits per heavy atom. The molecule has 8 nitrogen and oxygen atoms in total. The molecular formula is C29H40N2O6. The molecule has 1 fully saturated rings. The topological polar surface area (TPSA) is 69.7 Å². The van der Waals surface area contributed by atoms with Gasteiger partial charge in [-0.2, -0.15) is 0 Å². The van der Waals surface area contributed by atoms with Crippen molar-refractivity contribution >= 4 is 5.91 Å². The van der Waals surface area contributed by atoms with Crippen LogP contribution in [-0.2, 0) is 6.42 Å². The van der Waals surface area contributed by atoms with Gasteiger partial charge in [0, 0.05) is 49.4 Å². The standard InChI is InChI=1S/C29H40N2O6/c1-33-23-17-24(34-2)19-25(18-23)37-15-7-12-30-11-6-5-8-22(30)10-14-31-13-9-21-16-27(35-3)28(36-4)20-26(21)29(31)32/h16-20,22H,5-15H2,1-4H3. The van der Waals surface area contributed by atoms with Crippen LogP contribution in [0.4, 0.5) is 0 Å². The summed E-state index contributed by atoms with van der Waals surface area (Å²) in [5.74, 6) is 3.56. The maximum atomic E-state index is 13.3. The summed E-state index contributed by atoms with van der Waals surface area (Å²) in [7, 11) is 6.50. The summed E-state index contributed by atoms with van der Waals surface area (Å²) >= 11 is 0. The molecule has 2 aromatic rings. The molecule has 0 aromatic heterocycles. The zero-order valence-corrected chi connectivity index (χ0v) is 22.6. The highest BCUT2D eigenvalue weighted by Crippen LogP contribution is 2.33. The van der Waals surface area contributed by atoms with Crippen molar-refractivity contribution < 1.29 is 28.5 Å². The SMILES string of the molecule is COc1cc(OC)cc(OCCCN2CCCCC2CCN2CCc3cc(OC)c(OC)cc3C2=O)c1. The predicted octanol–water partition coefficient (Wildman–Crippen LogP) is 4.43. The number of likely N-dealkylation sites (tertiary alicyclic amines) is 1. The van der Waals surface area contributed by atoms with Crippen molar-refractivity contribution in [2.75, 3.05) is 61.2 Å². The number of nitrogens with zero attached hydrogens (tertiary/aromatic N) is 2. The van der Waals surface area contributed by atoms with Gasteiger partial charge in [-0.3, -0.25) is 4.79 Å². The van der Waals surface area contributed by atoms with E-state index in [9.17, 15) is 4.79 Å². The van der Waals surface area contributed by atoms with Gasteiger partial charge in [-0.15, -0.1) is 0 Å². The number of rotatable bonds is 12. The first-order chi connectivity index (χ1) is 18.1. The summed E-state index contributed by atoms with van der Waals surface area (Å²) in [6, 6.07) is 9.86. The lowest BCUT2D eigenvalue weighted by Crippen LogP contribution is -2.44. The number of piperidine rings is 1. The van der Waals surface area contributed by atoms with E-state index in [2.05, 4.69) is 4.90 Å². The molecule has 0 saturated carbocycles. The highest BCUT2D eigenvalue weighted by atomic mass is 16.5. The number of hydrogen-bond donors (Lipinski definition) is 0. The van der Waals surface area contributed by atoms with Crippen LogP contribution in [0.3, 0.4) is 0 Å². The molecule has 8 heteroatoms. The smallest absolute Gasteiger partial charge is 0.254 e. The molecule has 2 aromatic carbocycles. The number of amides is 1. The quantitative estimate of drug-likeness (QED) is 0.390. The minimum Gasteiger partial charge on any atom is -0.496 e. The van der Waals surface area contributed by atoms with Crippen molar-refractivity contribution in [3.8, 4) is 28.7 Å². The van der Waals surface area contributed by atoms with E-state index in [1.807, 2.05) is 35.2 Å². The van der Waals surface area contributed by atoms with Crippen LogP contribution in [0.25, 0.3) is 0 Å². The average molecular weight is 513 g/mol. The number of benzene rings is 2. The summed E-state index contributed by atoms with van der Waals surface area (Å²) < 4.78 is 27.5. The van der Waals surface area contributed by atoms with Gasteiger partial charge in [0.25, 0.3) is 5.91 Å². The molecule has 2 aliphatic rings. The van der Waals surface area contributed by atoms with Crippen LogP contribution in [0.1, 0.15) is 48.0 Å². The molecule has 4 rings (SSSR count). The van der Waals surface area contributed by atoms with Crippen LogP contribution in [-0.4, -0.2) is 83.0 Å². The fourth-order valence-corrected chi connectivity index (χ4v) is 5.38. The van der Waals surface area contributed by atoms with Gasteiger partial charge in [-0.05, 0) is 56.3 Å². The summed E-state index contributed by atoms with van der Waals surface area (Å²) in [4.78, 5) is 17.8. The van der Waals surface area contributed by atoms with Crippen LogP contribution in [0, 0.1) is 0 Å². The maximum absolute atomic E-state index is 13.3. The molecule has 2 aliphatic heterocycles. The van der Waals surface area contributed by atoms with Gasteiger partial charge in [-0.25, -0.2) is 0 Å². The van der Waals surface area contributed by atoms with Crippen LogP contribution in [0.2, 0.25) is 0 Å². The summed E-state index contributed by atoms with van der Waals surface area (Å²) in [5, 5.41) is 0. The number of ether oxygens (including phenoxy) is 5. The van der Waals surface area contributed by atoms with Crippen molar-refractivity contribution in [2.45, 2.75) is 44.6 Å². The van der Waals surface area contributed by atoms with E-state index in [4.69, 9.17) is 23.7 Å². The van der Waals surface area contributed by atoms with Crippen LogP contribution < -0.4 is 23.7 Å². The number of hydrogen-bond acceptors (Lipinski definition) is 7. The second-order valence-corrected chi connectivity index (χ2v) is 9.63. The molecule has 0 N–H and O–H groups in total. The first-order valence-electron chi connectivity index (χ1n) is 13.2. The van der Waals surface area contributed by atoms with E-state index in [0.29, 0.717) is 24.1 Å². The fourth-order valence-electron chi connectivity index (χ4n) is 5.38. The van der Waals surface area contributed by atoms with Crippen molar-refractivity contribution in [1.82, 2.24) is 9.80 Å². The molecule has 0 radical (unpaired) electrons. The predicted molar refractivity (Wildman–Crippen MR) is 143 cm³/mol. The molecule has 0 bridgehead atoms. The third kappa shape index (κ3) is 6.60. The molecule has 0 aliphatic carbocycles. The van der Waals surface area contributed by atoms with Crippen molar-refractivity contribution in [3.05, 3.63) is 41.5 Å². The molecule has 1 unspecified atom stereocenters. The Bertz CT molecular complexity index is 1040. The number of carbonyl (C=O) groups excluding carboxylic acids is 1. The van der Waals surface area contributed by atoms with Gasteiger partial charge in [0.2, 0.25) is 0 Å². The van der Waals surface area contributed by atoms with E-state index in [1.165, 1.54) is 19.3 Å². The maximum Gasteiger partial charge on any atom is 0.254 e. The second kappa shape index (κ2) is 12.9. The third-order valence-corrected chi connectivity index (χ3v) is 7.44. The van der Waals surface area contributed by atoms with Gasteiger partial charge in [0.1, 0.15) is 17.2 Å². The largest absolute Gasteiger partial charge is 0.496 e. The highest BCUT2D eigenvalue weighted by molar-refractivity contribution is 5.97. The van der Waals surface area contributed by atoms with Crippen LogP contribution >= 0.6 is 0 Å². The second-order valence-electron chi connectivity index (χ2n) is 9.63. The van der Waals surface area contributed by atoms with Gasteiger partial charge >= 0.3 is 0 Å². The van der Waals surface area contributed by atoms with Gasteiger partial charge in [-0.1, -0.05) is 6.42 Å². The van der Waals surface area contributed by atoms with E-state index in [0.717, 1.165) is 73.8 Å². The lowest BCUT2D eigenvalue weighted by molar-refractivity contribution is 0.0693. The van der Waals surface area contributed by atoms with Crippen molar-refractivity contribution in [3.63, 3.8) is 0 Å². The average Bonchev–Trinajstić information content (AvgIpc) is 2.94. The highest BCUT2D eigenvalue weighted by Gasteiger charge is 2.28. The van der Waals surface area contributed by atoms with E-state index in [1.54, 1.807) is 28.4 Å². The normalized spacial score (nSPS) is 17.8. The minimum absolute atomic E-state index is 0.0895. The Hall–Kier alpha value is -3.13. The summed E-state index contributed by atoms with van der Waals surface area (Å²) in [5.41, 5.74) is 1.77. The molecular weight excluding hydrogens is 472 g/mol. The lowest BCUT2D eigenvalue weighted by Gasteiger charge is -2.37. The van der Waals surface area contributed by atoms with E-state index in [-0.39, 0.29) is 5.91 Å². The van der Waals surface area contributed by atoms with Gasteiger partial charge < -0.3 is 33.5 Å². The van der Waals surface area contributed by atoms with Crippen molar-refractivity contribution in [1.29, 1.82) is 0 Å². The third-order valence-electron chi connectivity index (χ3n) is 7.44. The first-order valence-corrected chi connectivity index (χ1v) is 13.2. The van der Waals surface area contributed by atoms with Crippen LogP contribution in [0.5, 0.6) is 28.7 Å². The minimum atomic E-state index is 0.0895. The van der Waals surface area contributed by atoms with Crippen LogP contribution in [0.15, 0.2) is 30.3 Å². The van der Waals surface area contributed by atoms with E-state index >= 15 is 0 Å². The van der Waals surface area contributed by atoms with Crippen molar-refractivity contribution in [2.24, 2.45) is 0 Å². The number of methoxy groups -OCH3 is 4. The number of fused-ring (bicyclic) bond motifs is 1. The number of carbonyl (C=O) groups is 1. The monoisotopic (exact) mass is 512 g/mol. The Morgan fingerprint density at radius 1 is 0.811 bits per heavy atom. The Balaban J connectivity index is 1.28. The van der Waals surface area contributed by atoms with Gasteiger partial charge in [0.05, 0.1) is 35.0 Å². The lowest BCUT2D eigenvalue weighted by atomic mass is 9.96. The zero-order chi connectivity index (χ0) is 26.2.